The van der Waals surface area contributed by atoms with Crippen LogP contribution in [-0.4, -0.2) is 28.4 Å². The van der Waals surface area contributed by atoms with E-state index in [9.17, 15) is 4.79 Å². The molecule has 3 rings (SSSR count). The molecule has 18 heavy (non-hydrogen) atoms. The minimum absolute atomic E-state index is 0.0579. The second-order valence-corrected chi connectivity index (χ2v) is 5.66. The molecule has 1 aliphatic carbocycles. The van der Waals surface area contributed by atoms with E-state index in [-0.39, 0.29) is 5.91 Å². The lowest BCUT2D eigenvalue weighted by atomic mass is 9.85. The van der Waals surface area contributed by atoms with Gasteiger partial charge in [-0.25, -0.2) is 0 Å². The summed E-state index contributed by atoms with van der Waals surface area (Å²) in [5, 5.41) is 0.509. The van der Waals surface area contributed by atoms with Crippen molar-refractivity contribution >= 4 is 17.5 Å². The lowest BCUT2D eigenvalue weighted by molar-refractivity contribution is 0.0690. The molecule has 1 aromatic heterocycles. The van der Waals surface area contributed by atoms with Crippen molar-refractivity contribution in [2.75, 3.05) is 6.54 Å². The molecule has 2 heterocycles. The largest absolute Gasteiger partial charge is 0.335 e. The molecule has 2 fully saturated rings. The molecule has 1 saturated heterocycles. The van der Waals surface area contributed by atoms with Crippen molar-refractivity contribution in [1.29, 1.82) is 0 Å². The van der Waals surface area contributed by atoms with Crippen LogP contribution in [0.25, 0.3) is 0 Å². The van der Waals surface area contributed by atoms with Crippen LogP contribution >= 0.6 is 11.6 Å². The van der Waals surface area contributed by atoms with Gasteiger partial charge in [0.05, 0.1) is 10.6 Å². The fourth-order valence-corrected chi connectivity index (χ4v) is 3.53. The van der Waals surface area contributed by atoms with Crippen LogP contribution in [-0.2, 0) is 0 Å². The number of hydrogen-bond donors (Lipinski definition) is 0. The summed E-state index contributed by atoms with van der Waals surface area (Å²) in [6.45, 7) is 0.874. The molecule has 0 aromatic carbocycles. The monoisotopic (exact) mass is 264 g/mol. The first-order valence-electron chi connectivity index (χ1n) is 6.68. The summed E-state index contributed by atoms with van der Waals surface area (Å²) < 4.78 is 0. The van der Waals surface area contributed by atoms with E-state index < -0.39 is 0 Å². The lowest BCUT2D eigenvalue weighted by Crippen LogP contribution is -2.39. The van der Waals surface area contributed by atoms with Crippen LogP contribution in [0.5, 0.6) is 0 Å². The Hall–Kier alpha value is -1.09. The van der Waals surface area contributed by atoms with Crippen molar-refractivity contribution in [3.05, 3.63) is 29.0 Å². The first kappa shape index (κ1) is 12.0. The molecule has 3 nitrogen and oxygen atoms in total. The Morgan fingerprint density at radius 3 is 3.00 bits per heavy atom. The smallest absolute Gasteiger partial charge is 0.257 e. The minimum atomic E-state index is 0.0579. The summed E-state index contributed by atoms with van der Waals surface area (Å²) >= 11 is 6.09. The second kappa shape index (κ2) is 4.88. The van der Waals surface area contributed by atoms with E-state index in [1.807, 2.05) is 4.90 Å². The van der Waals surface area contributed by atoms with Gasteiger partial charge in [0.1, 0.15) is 0 Å². The molecule has 1 aliphatic heterocycles. The number of hydrogen-bond acceptors (Lipinski definition) is 2. The molecule has 0 bridgehead atoms. The lowest BCUT2D eigenvalue weighted by Gasteiger charge is -2.31. The molecular formula is C14H17ClN2O. The van der Waals surface area contributed by atoms with E-state index in [2.05, 4.69) is 4.98 Å². The highest BCUT2D eigenvalue weighted by Crippen LogP contribution is 2.37. The van der Waals surface area contributed by atoms with Gasteiger partial charge in [-0.3, -0.25) is 9.78 Å². The molecular weight excluding hydrogens is 248 g/mol. The number of nitrogens with zero attached hydrogens (tertiary/aromatic N) is 2. The number of aromatic nitrogens is 1. The highest BCUT2D eigenvalue weighted by atomic mass is 35.5. The maximum absolute atomic E-state index is 12.5. The number of fused-ring (bicyclic) bond motifs is 1. The molecule has 2 aliphatic rings. The third-order valence-corrected chi connectivity index (χ3v) is 4.60. The number of carbonyl (C=O) groups is 1. The molecule has 2 atom stereocenters. The summed E-state index contributed by atoms with van der Waals surface area (Å²) in [6, 6.07) is 2.12. The van der Waals surface area contributed by atoms with Gasteiger partial charge in [0, 0.05) is 25.0 Å². The highest BCUT2D eigenvalue weighted by Gasteiger charge is 2.38. The quantitative estimate of drug-likeness (QED) is 0.781. The van der Waals surface area contributed by atoms with Crippen molar-refractivity contribution in [3.63, 3.8) is 0 Å². The van der Waals surface area contributed by atoms with E-state index >= 15 is 0 Å². The van der Waals surface area contributed by atoms with Crippen molar-refractivity contribution < 1.29 is 4.79 Å². The van der Waals surface area contributed by atoms with Gasteiger partial charge in [0.25, 0.3) is 5.91 Å². The Kier molecular flexibility index (Phi) is 3.25. The Morgan fingerprint density at radius 2 is 2.17 bits per heavy atom. The maximum atomic E-state index is 12.5. The molecule has 96 valence electrons. The van der Waals surface area contributed by atoms with Gasteiger partial charge in [-0.2, -0.15) is 0 Å². The third kappa shape index (κ3) is 2.01. The number of carbonyl (C=O) groups excluding carboxylic acids is 1. The molecule has 1 amide bonds. The van der Waals surface area contributed by atoms with Gasteiger partial charge in [-0.1, -0.05) is 24.4 Å². The van der Waals surface area contributed by atoms with Crippen molar-refractivity contribution in [2.45, 2.75) is 38.1 Å². The summed E-state index contributed by atoms with van der Waals surface area (Å²) in [5.74, 6) is 0.764. The summed E-state index contributed by atoms with van der Waals surface area (Å²) in [7, 11) is 0. The Balaban J connectivity index is 1.83. The zero-order chi connectivity index (χ0) is 12.5. The van der Waals surface area contributed by atoms with Crippen LogP contribution in [0.2, 0.25) is 5.02 Å². The predicted molar refractivity (Wildman–Crippen MR) is 70.6 cm³/mol. The van der Waals surface area contributed by atoms with Crippen LogP contribution in [0.3, 0.4) is 0 Å². The zero-order valence-electron chi connectivity index (χ0n) is 10.3. The standard InChI is InChI=1S/C14H17ClN2O/c15-12-5-7-16-9-11(12)14(18)17-8-6-10-3-1-2-4-13(10)17/h5,7,9-10,13H,1-4,6,8H2. The average molecular weight is 265 g/mol. The second-order valence-electron chi connectivity index (χ2n) is 5.25. The highest BCUT2D eigenvalue weighted by molar-refractivity contribution is 6.33. The first-order valence-corrected chi connectivity index (χ1v) is 7.05. The number of halogens is 1. The summed E-state index contributed by atoms with van der Waals surface area (Å²) in [5.41, 5.74) is 0.547. The summed E-state index contributed by atoms with van der Waals surface area (Å²) in [6.07, 6.45) is 9.33. The van der Waals surface area contributed by atoms with Crippen molar-refractivity contribution in [3.8, 4) is 0 Å². The van der Waals surface area contributed by atoms with Gasteiger partial charge >= 0.3 is 0 Å². The topological polar surface area (TPSA) is 33.2 Å². The van der Waals surface area contributed by atoms with Gasteiger partial charge in [0.15, 0.2) is 0 Å². The molecule has 2 unspecified atom stereocenters. The van der Waals surface area contributed by atoms with Gasteiger partial charge in [-0.05, 0) is 31.2 Å². The van der Waals surface area contributed by atoms with Crippen LogP contribution < -0.4 is 0 Å². The van der Waals surface area contributed by atoms with Gasteiger partial charge < -0.3 is 4.90 Å². The SMILES string of the molecule is O=C(c1cnccc1Cl)N1CCC2CCCCC21. The Morgan fingerprint density at radius 1 is 1.33 bits per heavy atom. The zero-order valence-corrected chi connectivity index (χ0v) is 11.1. The first-order chi connectivity index (χ1) is 8.77. The maximum Gasteiger partial charge on any atom is 0.257 e. The number of amides is 1. The van der Waals surface area contributed by atoms with Crippen LogP contribution in [0.4, 0.5) is 0 Å². The van der Waals surface area contributed by atoms with E-state index in [0.29, 0.717) is 22.5 Å². The molecule has 0 N–H and O–H groups in total. The normalized spacial score (nSPS) is 27.1. The van der Waals surface area contributed by atoms with E-state index in [1.165, 1.54) is 19.3 Å². The number of likely N-dealkylation sites (tertiary alicyclic amines) is 1. The molecule has 4 heteroatoms. The fourth-order valence-electron chi connectivity index (χ4n) is 3.35. The molecule has 0 spiro atoms. The van der Waals surface area contributed by atoms with Crippen molar-refractivity contribution in [1.82, 2.24) is 9.88 Å². The van der Waals surface area contributed by atoms with E-state index in [0.717, 1.165) is 19.4 Å². The molecule has 1 aromatic rings. The third-order valence-electron chi connectivity index (χ3n) is 4.27. The minimum Gasteiger partial charge on any atom is -0.335 e. The van der Waals surface area contributed by atoms with Crippen LogP contribution in [0.1, 0.15) is 42.5 Å². The van der Waals surface area contributed by atoms with Gasteiger partial charge in [-0.15, -0.1) is 0 Å². The van der Waals surface area contributed by atoms with Crippen LogP contribution in [0, 0.1) is 5.92 Å². The fraction of sp³-hybridized carbons (Fsp3) is 0.571. The Labute approximate surface area is 112 Å². The van der Waals surface area contributed by atoms with E-state index in [1.54, 1.807) is 18.5 Å². The number of pyridine rings is 1. The average Bonchev–Trinajstić information content (AvgIpc) is 2.82. The molecule has 1 saturated carbocycles. The Bertz CT molecular complexity index is 463. The van der Waals surface area contributed by atoms with E-state index in [4.69, 9.17) is 11.6 Å². The molecule has 0 radical (unpaired) electrons. The van der Waals surface area contributed by atoms with Crippen molar-refractivity contribution in [2.24, 2.45) is 5.92 Å². The number of rotatable bonds is 1. The predicted octanol–water partition coefficient (Wildman–Crippen LogP) is 3.14. The summed E-state index contributed by atoms with van der Waals surface area (Å²) in [4.78, 5) is 18.6. The van der Waals surface area contributed by atoms with Crippen LogP contribution in [0.15, 0.2) is 18.5 Å². The van der Waals surface area contributed by atoms with Gasteiger partial charge in [0.2, 0.25) is 0 Å².